The molecule has 4 nitrogen and oxygen atoms in total. The molecule has 15 heavy (non-hydrogen) atoms. The van der Waals surface area contributed by atoms with Crippen molar-refractivity contribution in [1.82, 2.24) is 4.98 Å². The van der Waals surface area contributed by atoms with Gasteiger partial charge < -0.3 is 10.2 Å². The van der Waals surface area contributed by atoms with Gasteiger partial charge in [-0.1, -0.05) is 6.07 Å². The molecule has 0 aliphatic heterocycles. The monoisotopic (exact) mass is 201 g/mol. The van der Waals surface area contributed by atoms with E-state index in [0.717, 1.165) is 16.7 Å². The van der Waals surface area contributed by atoms with Crippen molar-refractivity contribution in [2.45, 2.75) is 18.9 Å². The van der Waals surface area contributed by atoms with E-state index < -0.39 is 0 Å². The van der Waals surface area contributed by atoms with Crippen LogP contribution in [0.5, 0.6) is 0 Å². The molecule has 1 unspecified atom stereocenters. The Morgan fingerprint density at radius 1 is 1.53 bits per heavy atom. The molecular weight excluding hydrogens is 190 g/mol. The first-order chi connectivity index (χ1) is 7.31. The summed E-state index contributed by atoms with van der Waals surface area (Å²) in [4.78, 5) is 4.02. The van der Waals surface area contributed by atoms with Crippen molar-refractivity contribution in [2.75, 3.05) is 0 Å². The van der Waals surface area contributed by atoms with E-state index >= 15 is 0 Å². The van der Waals surface area contributed by atoms with Crippen LogP contribution in [-0.4, -0.2) is 4.98 Å². The lowest BCUT2D eigenvalue weighted by Gasteiger charge is -2.08. The molecule has 2 rings (SSSR count). The average Bonchev–Trinajstić information content (AvgIpc) is 2.72. The second kappa shape index (κ2) is 4.11. The fourth-order valence-corrected chi connectivity index (χ4v) is 1.49. The zero-order chi connectivity index (χ0) is 10.7. The van der Waals surface area contributed by atoms with Gasteiger partial charge in [0.15, 0.2) is 12.0 Å². The SMILES string of the molecule is N#CCCC(N)c1ccc2ncoc2c1. The minimum absolute atomic E-state index is 0.112. The van der Waals surface area contributed by atoms with Gasteiger partial charge in [-0.05, 0) is 24.1 Å². The van der Waals surface area contributed by atoms with Crippen LogP contribution in [0.25, 0.3) is 11.1 Å². The van der Waals surface area contributed by atoms with Crippen molar-refractivity contribution in [3.05, 3.63) is 30.2 Å². The van der Waals surface area contributed by atoms with Crippen LogP contribution in [0, 0.1) is 11.3 Å². The van der Waals surface area contributed by atoms with Gasteiger partial charge in [-0.25, -0.2) is 4.98 Å². The first-order valence-electron chi connectivity index (χ1n) is 4.77. The number of hydrogen-bond donors (Lipinski definition) is 1. The van der Waals surface area contributed by atoms with Gasteiger partial charge in [0, 0.05) is 12.5 Å². The number of aromatic nitrogens is 1. The van der Waals surface area contributed by atoms with Crippen molar-refractivity contribution in [2.24, 2.45) is 5.73 Å². The van der Waals surface area contributed by atoms with E-state index in [4.69, 9.17) is 15.4 Å². The molecule has 0 aliphatic rings. The maximum absolute atomic E-state index is 8.47. The summed E-state index contributed by atoms with van der Waals surface area (Å²) in [6.45, 7) is 0. The summed E-state index contributed by atoms with van der Waals surface area (Å²) < 4.78 is 5.18. The van der Waals surface area contributed by atoms with Gasteiger partial charge in [0.2, 0.25) is 0 Å². The number of fused-ring (bicyclic) bond motifs is 1. The highest BCUT2D eigenvalue weighted by atomic mass is 16.3. The van der Waals surface area contributed by atoms with E-state index in [2.05, 4.69) is 11.1 Å². The Hall–Kier alpha value is -1.86. The molecule has 1 heterocycles. The largest absolute Gasteiger partial charge is 0.443 e. The van der Waals surface area contributed by atoms with Gasteiger partial charge in [-0.3, -0.25) is 0 Å². The summed E-state index contributed by atoms with van der Waals surface area (Å²) in [7, 11) is 0. The first-order valence-corrected chi connectivity index (χ1v) is 4.77. The second-order valence-electron chi connectivity index (χ2n) is 3.38. The third-order valence-corrected chi connectivity index (χ3v) is 2.35. The fraction of sp³-hybridized carbons (Fsp3) is 0.273. The van der Waals surface area contributed by atoms with Gasteiger partial charge in [-0.15, -0.1) is 0 Å². The molecule has 0 fully saturated rings. The van der Waals surface area contributed by atoms with E-state index in [1.165, 1.54) is 6.39 Å². The minimum Gasteiger partial charge on any atom is -0.443 e. The smallest absolute Gasteiger partial charge is 0.181 e. The molecule has 0 saturated carbocycles. The Morgan fingerprint density at radius 2 is 2.40 bits per heavy atom. The van der Waals surface area contributed by atoms with E-state index in [1.807, 2.05) is 18.2 Å². The second-order valence-corrected chi connectivity index (χ2v) is 3.38. The summed E-state index contributed by atoms with van der Waals surface area (Å²) in [5.41, 5.74) is 8.47. The lowest BCUT2D eigenvalue weighted by Crippen LogP contribution is -2.09. The zero-order valence-corrected chi connectivity index (χ0v) is 8.18. The van der Waals surface area contributed by atoms with Crippen LogP contribution < -0.4 is 5.73 Å². The Morgan fingerprint density at radius 3 is 3.20 bits per heavy atom. The van der Waals surface area contributed by atoms with Crippen molar-refractivity contribution in [3.63, 3.8) is 0 Å². The maximum Gasteiger partial charge on any atom is 0.181 e. The zero-order valence-electron chi connectivity index (χ0n) is 8.18. The molecule has 4 heteroatoms. The standard InChI is InChI=1S/C11H11N3O/c12-5-1-2-9(13)8-3-4-10-11(6-8)15-7-14-10/h3-4,6-7,9H,1-2,13H2. The predicted octanol–water partition coefficient (Wildman–Crippen LogP) is 2.13. The summed E-state index contributed by atoms with van der Waals surface area (Å²) >= 11 is 0. The summed E-state index contributed by atoms with van der Waals surface area (Å²) in [5.74, 6) is 0. The molecule has 0 aliphatic carbocycles. The number of nitrogens with zero attached hydrogens (tertiary/aromatic N) is 2. The van der Waals surface area contributed by atoms with Crippen molar-refractivity contribution >= 4 is 11.1 Å². The van der Waals surface area contributed by atoms with Gasteiger partial charge in [0.05, 0.1) is 6.07 Å². The molecule has 0 spiro atoms. The maximum atomic E-state index is 8.47. The predicted molar refractivity (Wildman–Crippen MR) is 55.8 cm³/mol. The highest BCUT2D eigenvalue weighted by molar-refractivity contribution is 5.72. The molecule has 1 atom stereocenters. The summed E-state index contributed by atoms with van der Waals surface area (Å²) in [5, 5.41) is 8.47. The van der Waals surface area contributed by atoms with Gasteiger partial charge in [0.25, 0.3) is 0 Å². The van der Waals surface area contributed by atoms with Crippen LogP contribution in [0.1, 0.15) is 24.4 Å². The van der Waals surface area contributed by atoms with Crippen LogP contribution in [0.2, 0.25) is 0 Å². The summed E-state index contributed by atoms with van der Waals surface area (Å²) in [6.07, 6.45) is 2.54. The number of hydrogen-bond acceptors (Lipinski definition) is 4. The van der Waals surface area contributed by atoms with Gasteiger partial charge >= 0.3 is 0 Å². The van der Waals surface area contributed by atoms with Gasteiger partial charge in [-0.2, -0.15) is 5.26 Å². The quantitative estimate of drug-likeness (QED) is 0.825. The molecular formula is C11H11N3O. The molecule has 2 aromatic rings. The molecule has 0 saturated heterocycles. The third-order valence-electron chi connectivity index (χ3n) is 2.35. The minimum atomic E-state index is -0.112. The number of nitriles is 1. The first kappa shape index (κ1) is 9.69. The molecule has 2 N–H and O–H groups in total. The Bertz CT molecular complexity index is 498. The Labute approximate surface area is 87.3 Å². The fourth-order valence-electron chi connectivity index (χ4n) is 1.49. The van der Waals surface area contributed by atoms with Crippen LogP contribution in [0.3, 0.4) is 0 Å². The molecule has 0 bridgehead atoms. The normalized spacial score (nSPS) is 12.5. The van der Waals surface area contributed by atoms with Crippen molar-refractivity contribution < 1.29 is 4.42 Å². The van der Waals surface area contributed by atoms with Crippen LogP contribution in [0.15, 0.2) is 29.0 Å². The van der Waals surface area contributed by atoms with E-state index in [9.17, 15) is 0 Å². The summed E-state index contributed by atoms with van der Waals surface area (Å²) in [6, 6.07) is 7.65. The number of nitrogens with two attached hydrogens (primary N) is 1. The average molecular weight is 201 g/mol. The highest BCUT2D eigenvalue weighted by Crippen LogP contribution is 2.20. The van der Waals surface area contributed by atoms with Crippen LogP contribution in [-0.2, 0) is 0 Å². The van der Waals surface area contributed by atoms with E-state index in [-0.39, 0.29) is 6.04 Å². The lowest BCUT2D eigenvalue weighted by atomic mass is 10.0. The van der Waals surface area contributed by atoms with Crippen LogP contribution in [0.4, 0.5) is 0 Å². The molecule has 1 aromatic heterocycles. The molecule has 1 aromatic carbocycles. The molecule has 0 radical (unpaired) electrons. The third kappa shape index (κ3) is 1.97. The number of rotatable bonds is 3. The molecule has 0 amide bonds. The highest BCUT2D eigenvalue weighted by Gasteiger charge is 2.07. The van der Waals surface area contributed by atoms with Gasteiger partial charge in [0.1, 0.15) is 5.52 Å². The Kier molecular flexibility index (Phi) is 2.66. The van der Waals surface area contributed by atoms with Crippen molar-refractivity contribution in [1.29, 1.82) is 5.26 Å². The van der Waals surface area contributed by atoms with Crippen LogP contribution >= 0.6 is 0 Å². The Balaban J connectivity index is 2.24. The van der Waals surface area contributed by atoms with Crippen molar-refractivity contribution in [3.8, 4) is 6.07 Å². The number of benzene rings is 1. The van der Waals surface area contributed by atoms with E-state index in [0.29, 0.717) is 12.8 Å². The topological polar surface area (TPSA) is 75.8 Å². The van der Waals surface area contributed by atoms with E-state index in [1.54, 1.807) is 0 Å². The molecule has 76 valence electrons. The lowest BCUT2D eigenvalue weighted by molar-refractivity contribution is 0.599. The number of oxazole rings is 1.